The smallest absolute Gasteiger partial charge is 0.302 e. The first kappa shape index (κ1) is 12.9. The highest BCUT2D eigenvalue weighted by molar-refractivity contribution is 6.18. The number of hydrogen-bond acceptors (Lipinski definition) is 2. The fourth-order valence-electron chi connectivity index (χ4n) is 0.176. The molecule has 0 amide bonds. The van der Waals surface area contributed by atoms with Gasteiger partial charge in [0.1, 0.15) is 6.61 Å². The summed E-state index contributed by atoms with van der Waals surface area (Å²) in [6.45, 7) is 8.38. The van der Waals surface area contributed by atoms with E-state index >= 15 is 0 Å². The molecule has 0 atom stereocenters. The lowest BCUT2D eigenvalue weighted by Crippen LogP contribution is -1.96. The largest absolute Gasteiger partial charge is 0.462 e. The number of allylic oxidation sites excluding steroid dienone is 1. The molecule has 0 heterocycles. The zero-order valence-electron chi connectivity index (χ0n) is 6.68. The van der Waals surface area contributed by atoms with Gasteiger partial charge in [-0.2, -0.15) is 0 Å². The lowest BCUT2D eigenvalue weighted by Gasteiger charge is -1.90. The van der Waals surface area contributed by atoms with Gasteiger partial charge in [-0.3, -0.25) is 4.79 Å². The van der Waals surface area contributed by atoms with Gasteiger partial charge in [0.2, 0.25) is 0 Å². The molecule has 11 heavy (non-hydrogen) atoms. The number of ether oxygens (including phenoxy) is 1. The fourth-order valence-corrected chi connectivity index (χ4v) is 0.176. The molecule has 2 nitrogen and oxygen atoms in total. The zero-order chi connectivity index (χ0) is 9.11. The van der Waals surface area contributed by atoms with Crippen LogP contribution in [0.25, 0.3) is 0 Å². The molecule has 0 aliphatic carbocycles. The molecule has 0 aromatic heterocycles. The standard InChI is InChI=1S/C5H8O2.C3H5Cl/c1-3-4-7-5(2)6;1-2-3-4/h3H,1,4H2,2H3;2H,1,3H2. The van der Waals surface area contributed by atoms with Crippen molar-refractivity contribution in [3.63, 3.8) is 0 Å². The summed E-state index contributed by atoms with van der Waals surface area (Å²) >= 11 is 5.07. The summed E-state index contributed by atoms with van der Waals surface area (Å²) in [5.74, 6) is 0.292. The molecule has 0 rings (SSSR count). The number of halogens is 1. The van der Waals surface area contributed by atoms with Crippen molar-refractivity contribution in [2.45, 2.75) is 6.92 Å². The summed E-state index contributed by atoms with van der Waals surface area (Å²) < 4.78 is 4.43. The minimum atomic E-state index is -0.264. The summed E-state index contributed by atoms with van der Waals surface area (Å²) in [4.78, 5) is 9.93. The van der Waals surface area contributed by atoms with Gasteiger partial charge in [0.25, 0.3) is 0 Å². The molecule has 0 aliphatic heterocycles. The maximum absolute atomic E-state index is 9.93. The first-order valence-electron chi connectivity index (χ1n) is 3.10. The number of rotatable bonds is 3. The highest BCUT2D eigenvalue weighted by Gasteiger charge is 1.83. The van der Waals surface area contributed by atoms with E-state index in [1.54, 1.807) is 6.08 Å². The van der Waals surface area contributed by atoms with Crippen molar-refractivity contribution in [3.05, 3.63) is 25.3 Å². The Morgan fingerprint density at radius 3 is 2.09 bits per heavy atom. The predicted octanol–water partition coefficient (Wildman–Crippen LogP) is 2.15. The van der Waals surface area contributed by atoms with Crippen LogP contribution < -0.4 is 0 Å². The van der Waals surface area contributed by atoms with Crippen LogP contribution in [0, 0.1) is 0 Å². The molecule has 0 aromatic carbocycles. The third kappa shape index (κ3) is 26.9. The minimum Gasteiger partial charge on any atom is -0.462 e. The van der Waals surface area contributed by atoms with E-state index in [4.69, 9.17) is 11.6 Å². The van der Waals surface area contributed by atoms with E-state index < -0.39 is 0 Å². The Kier molecular flexibility index (Phi) is 14.0. The van der Waals surface area contributed by atoms with Gasteiger partial charge in [-0.15, -0.1) is 18.2 Å². The van der Waals surface area contributed by atoms with Gasteiger partial charge < -0.3 is 4.74 Å². The third-order valence-electron chi connectivity index (χ3n) is 0.514. The van der Waals surface area contributed by atoms with Crippen LogP contribution in [0.15, 0.2) is 25.3 Å². The lowest BCUT2D eigenvalue weighted by atomic mass is 10.7. The summed E-state index contributed by atoms with van der Waals surface area (Å²) in [6, 6.07) is 0. The molecule has 0 unspecified atom stereocenters. The highest BCUT2D eigenvalue weighted by atomic mass is 35.5. The predicted molar refractivity (Wildman–Crippen MR) is 47.7 cm³/mol. The van der Waals surface area contributed by atoms with Gasteiger partial charge in [-0.05, 0) is 0 Å². The average Bonchev–Trinajstić information content (AvgIpc) is 2.01. The molecular formula is C8H13ClO2. The van der Waals surface area contributed by atoms with Crippen LogP contribution in [0.1, 0.15) is 6.92 Å². The molecule has 0 radical (unpaired) electrons. The van der Waals surface area contributed by atoms with Crippen molar-refractivity contribution in [2.24, 2.45) is 0 Å². The average molecular weight is 177 g/mol. The molecule has 0 aliphatic rings. The second-order valence-electron chi connectivity index (χ2n) is 1.53. The second-order valence-corrected chi connectivity index (χ2v) is 1.84. The molecule has 0 fully saturated rings. The number of hydrogen-bond donors (Lipinski definition) is 0. The number of esters is 1. The Bertz CT molecular complexity index is 121. The summed E-state index contributed by atoms with van der Waals surface area (Å²) in [5.41, 5.74) is 0. The normalized spacial score (nSPS) is 7.09. The van der Waals surface area contributed by atoms with Crippen LogP contribution >= 0.6 is 11.6 Å². The maximum Gasteiger partial charge on any atom is 0.302 e. The fraction of sp³-hybridized carbons (Fsp3) is 0.375. The summed E-state index contributed by atoms with van der Waals surface area (Å²) in [7, 11) is 0. The lowest BCUT2D eigenvalue weighted by molar-refractivity contribution is -0.139. The quantitative estimate of drug-likeness (QED) is 0.374. The molecule has 0 spiro atoms. The zero-order valence-corrected chi connectivity index (χ0v) is 7.43. The van der Waals surface area contributed by atoms with E-state index in [1.165, 1.54) is 13.0 Å². The SMILES string of the molecule is C=CCCl.C=CCOC(C)=O. The van der Waals surface area contributed by atoms with E-state index in [2.05, 4.69) is 17.9 Å². The van der Waals surface area contributed by atoms with Gasteiger partial charge in [-0.25, -0.2) is 0 Å². The number of carbonyl (C=O) groups is 1. The molecule has 64 valence electrons. The van der Waals surface area contributed by atoms with Crippen LogP contribution in [0.3, 0.4) is 0 Å². The van der Waals surface area contributed by atoms with E-state index in [9.17, 15) is 4.79 Å². The maximum atomic E-state index is 9.93. The summed E-state index contributed by atoms with van der Waals surface area (Å²) in [6.07, 6.45) is 3.17. The third-order valence-corrected chi connectivity index (χ3v) is 0.732. The van der Waals surface area contributed by atoms with Crippen molar-refractivity contribution in [3.8, 4) is 0 Å². The summed E-state index contributed by atoms with van der Waals surface area (Å²) in [5, 5.41) is 0. The van der Waals surface area contributed by atoms with Crippen LogP contribution in [0.4, 0.5) is 0 Å². The van der Waals surface area contributed by atoms with E-state index in [0.29, 0.717) is 12.5 Å². The monoisotopic (exact) mass is 176 g/mol. The van der Waals surface area contributed by atoms with Crippen LogP contribution in [0.5, 0.6) is 0 Å². The topological polar surface area (TPSA) is 26.3 Å². The van der Waals surface area contributed by atoms with Gasteiger partial charge in [0.15, 0.2) is 0 Å². The Morgan fingerprint density at radius 2 is 2.00 bits per heavy atom. The second kappa shape index (κ2) is 12.0. The van der Waals surface area contributed by atoms with Crippen LogP contribution in [-0.2, 0) is 9.53 Å². The van der Waals surface area contributed by atoms with Crippen molar-refractivity contribution in [1.29, 1.82) is 0 Å². The Balaban J connectivity index is 0. The molecule has 0 saturated heterocycles. The van der Waals surface area contributed by atoms with Gasteiger partial charge in [-0.1, -0.05) is 18.7 Å². The molecule has 0 N–H and O–H groups in total. The van der Waals surface area contributed by atoms with Crippen molar-refractivity contribution in [2.75, 3.05) is 12.5 Å². The molecule has 0 bridgehead atoms. The van der Waals surface area contributed by atoms with Crippen LogP contribution in [-0.4, -0.2) is 18.5 Å². The van der Waals surface area contributed by atoms with E-state index in [1.807, 2.05) is 0 Å². The first-order chi connectivity index (χ1) is 5.18. The van der Waals surface area contributed by atoms with Gasteiger partial charge >= 0.3 is 5.97 Å². The molecule has 0 aromatic rings. The Labute approximate surface area is 72.5 Å². The Morgan fingerprint density at radius 1 is 1.55 bits per heavy atom. The van der Waals surface area contributed by atoms with Crippen molar-refractivity contribution in [1.82, 2.24) is 0 Å². The van der Waals surface area contributed by atoms with E-state index in [0.717, 1.165) is 0 Å². The first-order valence-corrected chi connectivity index (χ1v) is 3.63. The van der Waals surface area contributed by atoms with E-state index in [-0.39, 0.29) is 5.97 Å². The number of alkyl halides is 1. The van der Waals surface area contributed by atoms with Gasteiger partial charge in [0.05, 0.1) is 0 Å². The molecule has 3 heteroatoms. The van der Waals surface area contributed by atoms with Crippen molar-refractivity contribution >= 4 is 17.6 Å². The highest BCUT2D eigenvalue weighted by Crippen LogP contribution is 1.73. The molecular weight excluding hydrogens is 164 g/mol. The van der Waals surface area contributed by atoms with Gasteiger partial charge in [0, 0.05) is 12.8 Å². The van der Waals surface area contributed by atoms with Crippen molar-refractivity contribution < 1.29 is 9.53 Å². The Hall–Kier alpha value is -0.760. The minimum absolute atomic E-state index is 0.264. The number of carbonyl (C=O) groups excluding carboxylic acids is 1. The van der Waals surface area contributed by atoms with Crippen LogP contribution in [0.2, 0.25) is 0 Å². The molecule has 0 saturated carbocycles.